The van der Waals surface area contributed by atoms with Crippen molar-refractivity contribution in [1.82, 2.24) is 20.5 Å². The summed E-state index contributed by atoms with van der Waals surface area (Å²) in [6, 6.07) is 16.3. The maximum atomic E-state index is 12.4. The predicted molar refractivity (Wildman–Crippen MR) is 137 cm³/mol. The number of aromatic nitrogens is 1. The maximum absolute atomic E-state index is 12.4. The Bertz CT molecular complexity index is 1150. The van der Waals surface area contributed by atoms with Crippen molar-refractivity contribution < 1.29 is 9.59 Å². The number of benzene rings is 2. The number of rotatable bonds is 6. The summed E-state index contributed by atoms with van der Waals surface area (Å²) in [5.41, 5.74) is 3.17. The topological polar surface area (TPSA) is 98.4 Å². The summed E-state index contributed by atoms with van der Waals surface area (Å²) in [7, 11) is 0. The molecule has 0 unspecified atom stereocenters. The van der Waals surface area contributed by atoms with Crippen LogP contribution in [0.25, 0.3) is 10.9 Å². The van der Waals surface area contributed by atoms with E-state index in [1.165, 1.54) is 0 Å². The van der Waals surface area contributed by atoms with Crippen molar-refractivity contribution in [3.8, 4) is 0 Å². The van der Waals surface area contributed by atoms with Crippen molar-refractivity contribution in [1.29, 1.82) is 0 Å². The number of hydrogen-bond acceptors (Lipinski definition) is 4. The molecule has 9 heteroatoms. The van der Waals surface area contributed by atoms with Crippen LogP contribution < -0.4 is 21.3 Å². The molecule has 1 fully saturated rings. The number of piperidine rings is 1. The van der Waals surface area contributed by atoms with Crippen molar-refractivity contribution in [2.75, 3.05) is 36.8 Å². The number of halogens is 1. The number of pyridine rings is 1. The Balaban J connectivity index is 1.16. The Morgan fingerprint density at radius 1 is 1.03 bits per heavy atom. The highest BCUT2D eigenvalue weighted by molar-refractivity contribution is 6.30. The minimum Gasteiger partial charge on any atom is -0.337 e. The average molecular weight is 481 g/mol. The highest BCUT2D eigenvalue weighted by Crippen LogP contribution is 2.22. The van der Waals surface area contributed by atoms with Gasteiger partial charge in [0.2, 0.25) is 0 Å². The fourth-order valence-corrected chi connectivity index (χ4v) is 4.22. The SMILES string of the molecule is Cc1cc(NC(=O)NCCN2CCC(NC(=O)Nc3ccc(Cl)cc3)CC2)c2ccccc2n1. The van der Waals surface area contributed by atoms with Gasteiger partial charge in [0.15, 0.2) is 0 Å². The summed E-state index contributed by atoms with van der Waals surface area (Å²) < 4.78 is 0. The van der Waals surface area contributed by atoms with Crippen LogP contribution in [0.15, 0.2) is 54.6 Å². The van der Waals surface area contributed by atoms with Crippen LogP contribution >= 0.6 is 11.6 Å². The van der Waals surface area contributed by atoms with Gasteiger partial charge in [-0.25, -0.2) is 9.59 Å². The van der Waals surface area contributed by atoms with Crippen LogP contribution in [0.5, 0.6) is 0 Å². The third kappa shape index (κ3) is 6.59. The Kier molecular flexibility index (Phi) is 7.82. The lowest BCUT2D eigenvalue weighted by molar-refractivity contribution is 0.196. The Morgan fingerprint density at radius 3 is 2.53 bits per heavy atom. The van der Waals surface area contributed by atoms with Crippen molar-refractivity contribution in [2.45, 2.75) is 25.8 Å². The van der Waals surface area contributed by atoms with E-state index in [0.29, 0.717) is 17.3 Å². The summed E-state index contributed by atoms with van der Waals surface area (Å²) in [4.78, 5) is 31.4. The third-order valence-corrected chi connectivity index (χ3v) is 6.08. The molecular weight excluding hydrogens is 452 g/mol. The van der Waals surface area contributed by atoms with Crippen LogP contribution in [-0.4, -0.2) is 54.2 Å². The van der Waals surface area contributed by atoms with Gasteiger partial charge in [-0.3, -0.25) is 4.98 Å². The number of aryl methyl sites for hydroxylation is 1. The molecule has 178 valence electrons. The second kappa shape index (κ2) is 11.2. The fraction of sp³-hybridized carbons (Fsp3) is 0.320. The molecule has 8 nitrogen and oxygen atoms in total. The van der Waals surface area contributed by atoms with E-state index in [1.54, 1.807) is 24.3 Å². The van der Waals surface area contributed by atoms with Crippen molar-refractivity contribution >= 4 is 45.9 Å². The number of urea groups is 2. The molecule has 0 aliphatic carbocycles. The number of fused-ring (bicyclic) bond motifs is 1. The molecule has 4 rings (SSSR count). The first kappa shape index (κ1) is 23.8. The van der Waals surface area contributed by atoms with E-state index in [4.69, 9.17) is 11.6 Å². The summed E-state index contributed by atoms with van der Waals surface area (Å²) in [5, 5.41) is 13.3. The minimum absolute atomic E-state index is 0.128. The molecule has 4 N–H and O–H groups in total. The van der Waals surface area contributed by atoms with Crippen LogP contribution in [0, 0.1) is 6.92 Å². The lowest BCUT2D eigenvalue weighted by Crippen LogP contribution is -2.47. The smallest absolute Gasteiger partial charge is 0.319 e. The van der Waals surface area contributed by atoms with Gasteiger partial charge in [0.1, 0.15) is 0 Å². The second-order valence-corrected chi connectivity index (χ2v) is 8.87. The van der Waals surface area contributed by atoms with Gasteiger partial charge in [0.05, 0.1) is 11.2 Å². The number of carbonyl (C=O) groups is 2. The Hall–Kier alpha value is -3.36. The Labute approximate surface area is 204 Å². The minimum atomic E-state index is -0.230. The normalized spacial score (nSPS) is 14.5. The van der Waals surface area contributed by atoms with E-state index in [0.717, 1.165) is 54.8 Å². The number of likely N-dealkylation sites (tertiary alicyclic amines) is 1. The molecular formula is C25H29ClN6O2. The molecule has 34 heavy (non-hydrogen) atoms. The molecule has 4 amide bonds. The maximum Gasteiger partial charge on any atom is 0.319 e. The monoisotopic (exact) mass is 480 g/mol. The molecule has 0 radical (unpaired) electrons. The van der Waals surface area contributed by atoms with Crippen LogP contribution in [0.1, 0.15) is 18.5 Å². The molecule has 1 aromatic heterocycles. The first-order valence-corrected chi connectivity index (χ1v) is 11.8. The first-order chi connectivity index (χ1) is 16.5. The highest BCUT2D eigenvalue weighted by atomic mass is 35.5. The highest BCUT2D eigenvalue weighted by Gasteiger charge is 2.20. The zero-order valence-corrected chi connectivity index (χ0v) is 19.9. The zero-order chi connectivity index (χ0) is 23.9. The first-order valence-electron chi connectivity index (χ1n) is 11.4. The molecule has 1 saturated heterocycles. The number of para-hydroxylation sites is 1. The van der Waals surface area contributed by atoms with Gasteiger partial charge in [-0.1, -0.05) is 29.8 Å². The van der Waals surface area contributed by atoms with Gasteiger partial charge in [-0.05, 0) is 56.2 Å². The van der Waals surface area contributed by atoms with E-state index in [9.17, 15) is 9.59 Å². The van der Waals surface area contributed by atoms with E-state index in [2.05, 4.69) is 31.2 Å². The van der Waals surface area contributed by atoms with E-state index < -0.39 is 0 Å². The van der Waals surface area contributed by atoms with Crippen LogP contribution in [0.4, 0.5) is 21.0 Å². The molecule has 0 saturated carbocycles. The molecule has 1 aliphatic rings. The molecule has 0 atom stereocenters. The van der Waals surface area contributed by atoms with Gasteiger partial charge < -0.3 is 26.2 Å². The number of hydrogen-bond donors (Lipinski definition) is 4. The van der Waals surface area contributed by atoms with E-state index in [-0.39, 0.29) is 18.1 Å². The lowest BCUT2D eigenvalue weighted by Gasteiger charge is -2.32. The number of nitrogens with zero attached hydrogens (tertiary/aromatic N) is 2. The standard InChI is InChI=1S/C25H29ClN6O2/c1-17-16-23(21-4-2-3-5-22(21)28-17)31-24(33)27-12-15-32-13-10-20(11-14-32)30-25(34)29-19-8-6-18(26)7-9-19/h2-9,16,20H,10-15H2,1H3,(H2,29,30,34)(H2,27,28,31,33). The van der Waals surface area contributed by atoms with Crippen molar-refractivity contribution in [2.24, 2.45) is 0 Å². The summed E-state index contributed by atoms with van der Waals surface area (Å²) in [6.07, 6.45) is 1.73. The average Bonchev–Trinajstić information content (AvgIpc) is 2.81. The molecule has 2 heterocycles. The molecule has 3 aromatic rings. The molecule has 0 spiro atoms. The van der Waals surface area contributed by atoms with E-state index >= 15 is 0 Å². The molecule has 1 aliphatic heterocycles. The fourth-order valence-electron chi connectivity index (χ4n) is 4.09. The second-order valence-electron chi connectivity index (χ2n) is 8.43. The Morgan fingerprint density at radius 2 is 1.76 bits per heavy atom. The lowest BCUT2D eigenvalue weighted by atomic mass is 10.1. The molecule has 2 aromatic carbocycles. The number of carbonyl (C=O) groups excluding carboxylic acids is 2. The van der Waals surface area contributed by atoms with Crippen LogP contribution in [-0.2, 0) is 0 Å². The molecule has 0 bridgehead atoms. The summed E-state index contributed by atoms with van der Waals surface area (Å²) in [5.74, 6) is 0. The van der Waals surface area contributed by atoms with Gasteiger partial charge in [0, 0.05) is 54.0 Å². The quantitative estimate of drug-likeness (QED) is 0.414. The summed E-state index contributed by atoms with van der Waals surface area (Å²) >= 11 is 5.87. The van der Waals surface area contributed by atoms with Gasteiger partial charge in [-0.2, -0.15) is 0 Å². The van der Waals surface area contributed by atoms with Gasteiger partial charge in [-0.15, -0.1) is 0 Å². The van der Waals surface area contributed by atoms with Gasteiger partial charge in [0.25, 0.3) is 0 Å². The number of amides is 4. The zero-order valence-electron chi connectivity index (χ0n) is 19.1. The van der Waals surface area contributed by atoms with E-state index in [1.807, 2.05) is 37.3 Å². The number of nitrogens with one attached hydrogen (secondary N) is 4. The summed E-state index contributed by atoms with van der Waals surface area (Å²) in [6.45, 7) is 4.94. The van der Waals surface area contributed by atoms with Crippen molar-refractivity contribution in [3.63, 3.8) is 0 Å². The number of anilines is 2. The van der Waals surface area contributed by atoms with Crippen LogP contribution in [0.3, 0.4) is 0 Å². The van der Waals surface area contributed by atoms with Crippen LogP contribution in [0.2, 0.25) is 5.02 Å². The van der Waals surface area contributed by atoms with Crippen molar-refractivity contribution in [3.05, 3.63) is 65.3 Å². The largest absolute Gasteiger partial charge is 0.337 e. The van der Waals surface area contributed by atoms with Gasteiger partial charge >= 0.3 is 12.1 Å². The third-order valence-electron chi connectivity index (χ3n) is 5.83. The predicted octanol–water partition coefficient (Wildman–Crippen LogP) is 4.60.